The highest BCUT2D eigenvalue weighted by Gasteiger charge is 2.39. The normalized spacial score (nSPS) is 15.8. The van der Waals surface area contributed by atoms with Gasteiger partial charge in [-0.1, -0.05) is 6.07 Å². The van der Waals surface area contributed by atoms with Gasteiger partial charge >= 0.3 is 0 Å². The molecule has 8 heteroatoms. The molecule has 3 rings (SSSR count). The Labute approximate surface area is 149 Å². The van der Waals surface area contributed by atoms with E-state index in [1.54, 1.807) is 0 Å². The van der Waals surface area contributed by atoms with E-state index in [9.17, 15) is 20.1 Å². The van der Waals surface area contributed by atoms with Gasteiger partial charge in [0.1, 0.15) is 23.2 Å². The minimum absolute atomic E-state index is 0.0495. The van der Waals surface area contributed by atoms with Crippen LogP contribution < -0.4 is 18.9 Å². The van der Waals surface area contributed by atoms with Crippen molar-refractivity contribution in [3.63, 3.8) is 0 Å². The molecule has 1 atom stereocenters. The molecule has 1 unspecified atom stereocenters. The molecule has 0 saturated carbocycles. The van der Waals surface area contributed by atoms with E-state index < -0.39 is 17.6 Å². The Balaban J connectivity index is 2.22. The van der Waals surface area contributed by atoms with Gasteiger partial charge in [-0.15, -0.1) is 0 Å². The summed E-state index contributed by atoms with van der Waals surface area (Å²) in [7, 11) is 4.02. The molecule has 0 aliphatic carbocycles. The monoisotopic (exact) mass is 362 g/mol. The number of fused-ring (bicyclic) bond motifs is 1. The molecule has 1 heterocycles. The van der Waals surface area contributed by atoms with Crippen LogP contribution in [0, 0.1) is 0 Å². The summed E-state index contributed by atoms with van der Waals surface area (Å²) in [6, 6.07) is 4.22. The molecule has 1 aliphatic rings. The minimum Gasteiger partial charge on any atom is -0.507 e. The third-order valence-corrected chi connectivity index (χ3v) is 4.20. The molecule has 0 spiro atoms. The molecular weight excluding hydrogens is 344 g/mol. The second kappa shape index (κ2) is 6.55. The summed E-state index contributed by atoms with van der Waals surface area (Å²) in [5.74, 6) is -1.30. The number of Topliss-reactive ketones (excluding diaryl/α,β-unsaturated/α-hetero) is 1. The predicted molar refractivity (Wildman–Crippen MR) is 89.9 cm³/mol. The van der Waals surface area contributed by atoms with Gasteiger partial charge in [0.15, 0.2) is 17.3 Å². The highest BCUT2D eigenvalue weighted by Crippen LogP contribution is 2.56. The fourth-order valence-electron chi connectivity index (χ4n) is 3.07. The van der Waals surface area contributed by atoms with Crippen molar-refractivity contribution >= 4 is 5.78 Å². The summed E-state index contributed by atoms with van der Waals surface area (Å²) in [6.45, 7) is 0. The number of carbonyl (C=O) groups is 1. The quantitative estimate of drug-likeness (QED) is 0.760. The van der Waals surface area contributed by atoms with E-state index in [2.05, 4.69) is 0 Å². The summed E-state index contributed by atoms with van der Waals surface area (Å²) >= 11 is 0. The van der Waals surface area contributed by atoms with Crippen molar-refractivity contribution in [3.8, 4) is 40.2 Å². The Morgan fingerprint density at radius 2 is 1.54 bits per heavy atom. The number of ether oxygens (including phenoxy) is 4. The average molecular weight is 362 g/mol. The zero-order valence-electron chi connectivity index (χ0n) is 14.4. The van der Waals surface area contributed by atoms with Crippen LogP contribution in [0.3, 0.4) is 0 Å². The van der Waals surface area contributed by atoms with Crippen molar-refractivity contribution in [2.24, 2.45) is 0 Å². The standard InChI is InChI=1S/C18H18O8/c1-23-16-14(22)13-10(21)7-11(12-8(19)5-4-6-9(12)20)26-15(13)17(24-2)18(16)25-3/h4-6,11,19-20,22H,7H2,1-3H3. The molecule has 0 bridgehead atoms. The topological polar surface area (TPSA) is 115 Å². The van der Waals surface area contributed by atoms with Gasteiger partial charge in [0.05, 0.1) is 33.3 Å². The van der Waals surface area contributed by atoms with Crippen LogP contribution >= 0.6 is 0 Å². The first kappa shape index (κ1) is 17.5. The maximum absolute atomic E-state index is 12.7. The zero-order chi connectivity index (χ0) is 19.0. The maximum atomic E-state index is 12.7. The van der Waals surface area contributed by atoms with Crippen LogP contribution in [0.2, 0.25) is 0 Å². The van der Waals surface area contributed by atoms with Crippen LogP contribution in [-0.2, 0) is 0 Å². The van der Waals surface area contributed by atoms with Crippen molar-refractivity contribution in [3.05, 3.63) is 29.3 Å². The van der Waals surface area contributed by atoms with Crippen molar-refractivity contribution in [1.29, 1.82) is 0 Å². The molecule has 2 aromatic carbocycles. The Morgan fingerprint density at radius 3 is 2.08 bits per heavy atom. The number of rotatable bonds is 4. The average Bonchev–Trinajstić information content (AvgIpc) is 2.60. The van der Waals surface area contributed by atoms with Gasteiger partial charge in [0.25, 0.3) is 0 Å². The first-order chi connectivity index (χ1) is 12.4. The number of phenolic OH excluding ortho intramolecular Hbond substituents is 3. The van der Waals surface area contributed by atoms with E-state index in [4.69, 9.17) is 18.9 Å². The van der Waals surface area contributed by atoms with Crippen LogP contribution in [-0.4, -0.2) is 42.4 Å². The first-order valence-electron chi connectivity index (χ1n) is 7.70. The van der Waals surface area contributed by atoms with E-state index in [0.29, 0.717) is 0 Å². The molecule has 8 nitrogen and oxygen atoms in total. The Hall–Kier alpha value is -3.29. The number of hydrogen-bond donors (Lipinski definition) is 3. The van der Waals surface area contributed by atoms with Crippen molar-refractivity contribution in [2.75, 3.05) is 21.3 Å². The predicted octanol–water partition coefficient (Wildman–Crippen LogP) is 2.54. The summed E-state index contributed by atoms with van der Waals surface area (Å²) < 4.78 is 21.5. The second-order valence-corrected chi connectivity index (χ2v) is 5.60. The lowest BCUT2D eigenvalue weighted by Crippen LogP contribution is -2.22. The Kier molecular flexibility index (Phi) is 4.41. The summed E-state index contributed by atoms with van der Waals surface area (Å²) in [6.07, 6.45) is -1.17. The van der Waals surface area contributed by atoms with E-state index in [1.807, 2.05) is 0 Å². The minimum atomic E-state index is -0.970. The van der Waals surface area contributed by atoms with E-state index >= 15 is 0 Å². The number of ketones is 1. The number of hydrogen-bond acceptors (Lipinski definition) is 8. The highest BCUT2D eigenvalue weighted by atomic mass is 16.6. The third kappa shape index (κ3) is 2.50. The van der Waals surface area contributed by atoms with Gasteiger partial charge in [-0.25, -0.2) is 0 Å². The van der Waals surface area contributed by atoms with Gasteiger partial charge < -0.3 is 34.3 Å². The smallest absolute Gasteiger partial charge is 0.211 e. The van der Waals surface area contributed by atoms with Gasteiger partial charge in [0, 0.05) is 0 Å². The lowest BCUT2D eigenvalue weighted by atomic mass is 9.93. The van der Waals surface area contributed by atoms with Gasteiger partial charge in [-0.05, 0) is 12.1 Å². The maximum Gasteiger partial charge on any atom is 0.211 e. The molecule has 138 valence electrons. The number of phenols is 3. The molecule has 0 radical (unpaired) electrons. The molecule has 2 aromatic rings. The van der Waals surface area contributed by atoms with Crippen molar-refractivity contribution in [1.82, 2.24) is 0 Å². The van der Waals surface area contributed by atoms with Gasteiger partial charge in [0.2, 0.25) is 17.2 Å². The lowest BCUT2D eigenvalue weighted by Gasteiger charge is -2.29. The summed E-state index contributed by atoms with van der Waals surface area (Å²) in [5, 5.41) is 30.6. The lowest BCUT2D eigenvalue weighted by molar-refractivity contribution is 0.0828. The number of methoxy groups -OCH3 is 3. The molecule has 3 N–H and O–H groups in total. The SMILES string of the molecule is COc1c(O)c2c(c(OC)c1OC)OC(c1c(O)cccc1O)CC2=O. The van der Waals surface area contributed by atoms with Crippen LogP contribution in [0.25, 0.3) is 0 Å². The highest BCUT2D eigenvalue weighted by molar-refractivity contribution is 6.05. The largest absolute Gasteiger partial charge is 0.507 e. The zero-order valence-corrected chi connectivity index (χ0v) is 14.4. The number of benzene rings is 2. The number of aromatic hydroxyl groups is 3. The first-order valence-corrected chi connectivity index (χ1v) is 7.70. The molecular formula is C18H18O8. The molecule has 0 aromatic heterocycles. The molecule has 1 aliphatic heterocycles. The van der Waals surface area contributed by atoms with E-state index in [1.165, 1.54) is 39.5 Å². The second-order valence-electron chi connectivity index (χ2n) is 5.60. The third-order valence-electron chi connectivity index (χ3n) is 4.20. The van der Waals surface area contributed by atoms with Gasteiger partial charge in [-0.3, -0.25) is 4.79 Å². The van der Waals surface area contributed by atoms with Crippen molar-refractivity contribution < 1.29 is 39.1 Å². The van der Waals surface area contributed by atoms with Crippen LogP contribution in [0.5, 0.6) is 40.2 Å². The summed E-state index contributed by atoms with van der Waals surface area (Å²) in [4.78, 5) is 12.7. The van der Waals surface area contributed by atoms with Crippen LogP contribution in [0.15, 0.2) is 18.2 Å². The van der Waals surface area contributed by atoms with E-state index in [-0.39, 0.29) is 52.0 Å². The fraction of sp³-hybridized carbons (Fsp3) is 0.278. The fourth-order valence-corrected chi connectivity index (χ4v) is 3.07. The number of carbonyl (C=O) groups excluding carboxylic acids is 1. The molecule has 0 fully saturated rings. The van der Waals surface area contributed by atoms with Crippen LogP contribution in [0.1, 0.15) is 28.4 Å². The molecule has 26 heavy (non-hydrogen) atoms. The Morgan fingerprint density at radius 1 is 0.962 bits per heavy atom. The Bertz CT molecular complexity index is 854. The van der Waals surface area contributed by atoms with Crippen molar-refractivity contribution in [2.45, 2.75) is 12.5 Å². The molecule has 0 saturated heterocycles. The molecule has 0 amide bonds. The van der Waals surface area contributed by atoms with Crippen LogP contribution in [0.4, 0.5) is 0 Å². The van der Waals surface area contributed by atoms with E-state index in [0.717, 1.165) is 0 Å². The summed E-state index contributed by atoms with van der Waals surface area (Å²) in [5.41, 5.74) is -0.0338. The van der Waals surface area contributed by atoms with Gasteiger partial charge in [-0.2, -0.15) is 0 Å².